The molecule has 6 saturated carbocycles. The van der Waals surface area contributed by atoms with Crippen LogP contribution in [-0.2, 0) is 18.9 Å². The Morgan fingerprint density at radius 1 is 0.783 bits per heavy atom. The molecule has 4 bridgehead atoms. The first kappa shape index (κ1) is 13.5. The van der Waals surface area contributed by atoms with Crippen molar-refractivity contribution < 1.29 is 18.9 Å². The molecule has 0 aromatic heterocycles. The average Bonchev–Trinajstić information content (AvgIpc) is 3.31. The van der Waals surface area contributed by atoms with E-state index in [4.69, 9.17) is 18.9 Å². The van der Waals surface area contributed by atoms with Crippen LogP contribution in [0.15, 0.2) is 0 Å². The van der Waals surface area contributed by atoms with Crippen molar-refractivity contribution in [1.82, 2.24) is 0 Å². The molecule has 2 heterocycles. The van der Waals surface area contributed by atoms with Gasteiger partial charge in [-0.05, 0) is 30.1 Å². The third-order valence-electron chi connectivity index (χ3n) is 8.92. The number of unbranched alkanes of at least 4 members (excludes halogenated alkanes) is 1. The number of hydrogen-bond donors (Lipinski definition) is 0. The molecule has 0 aromatic carbocycles. The molecule has 8 rings (SSSR count). The van der Waals surface area contributed by atoms with E-state index in [1.54, 1.807) is 0 Å². The summed E-state index contributed by atoms with van der Waals surface area (Å²) in [5.74, 6) is 3.01. The SMILES string of the molecule is CCCCC12C3C4C(C5C1C3C5(Br)C41OCCO1)C21OCCO1. The fourth-order valence-electron chi connectivity index (χ4n) is 9.02. The van der Waals surface area contributed by atoms with Crippen LogP contribution >= 0.6 is 15.9 Å². The van der Waals surface area contributed by atoms with Crippen molar-refractivity contribution >= 4 is 15.9 Å². The van der Waals surface area contributed by atoms with Crippen LogP contribution in [0.25, 0.3) is 0 Å². The minimum absolute atomic E-state index is 0.0374. The Bertz CT molecular complexity index is 612. The Hall–Kier alpha value is 0.320. The zero-order valence-corrected chi connectivity index (χ0v) is 15.0. The Kier molecular flexibility index (Phi) is 2.10. The van der Waals surface area contributed by atoms with E-state index in [2.05, 4.69) is 22.9 Å². The Balaban J connectivity index is 1.44. The van der Waals surface area contributed by atoms with Gasteiger partial charge in [-0.25, -0.2) is 0 Å². The summed E-state index contributed by atoms with van der Waals surface area (Å²) in [7, 11) is 0. The zero-order chi connectivity index (χ0) is 15.2. The van der Waals surface area contributed by atoms with Crippen molar-refractivity contribution in [3.63, 3.8) is 0 Å². The highest BCUT2D eigenvalue weighted by molar-refractivity contribution is 9.10. The van der Waals surface area contributed by atoms with E-state index in [1.165, 1.54) is 19.3 Å². The molecule has 2 spiro atoms. The molecular formula is C18H23BrO4. The fraction of sp³-hybridized carbons (Fsp3) is 1.00. The lowest BCUT2D eigenvalue weighted by molar-refractivity contribution is -0.300. The predicted molar refractivity (Wildman–Crippen MR) is 83.8 cm³/mol. The van der Waals surface area contributed by atoms with Gasteiger partial charge >= 0.3 is 0 Å². The van der Waals surface area contributed by atoms with Gasteiger partial charge in [0.25, 0.3) is 0 Å². The molecule has 0 amide bonds. The molecule has 0 N–H and O–H groups in total. The summed E-state index contributed by atoms with van der Waals surface area (Å²) in [6, 6.07) is 0. The van der Waals surface area contributed by atoms with Crippen molar-refractivity contribution in [1.29, 1.82) is 0 Å². The van der Waals surface area contributed by atoms with Gasteiger partial charge < -0.3 is 18.9 Å². The van der Waals surface area contributed by atoms with Crippen molar-refractivity contribution in [3.05, 3.63) is 0 Å². The molecule has 0 radical (unpaired) electrons. The first-order valence-electron chi connectivity index (χ1n) is 9.45. The molecule has 8 atom stereocenters. The highest BCUT2D eigenvalue weighted by Crippen LogP contribution is 3.01. The van der Waals surface area contributed by atoms with E-state index in [9.17, 15) is 0 Å². The molecule has 4 nitrogen and oxygen atoms in total. The van der Waals surface area contributed by atoms with Gasteiger partial charge in [0.2, 0.25) is 0 Å². The van der Waals surface area contributed by atoms with E-state index < -0.39 is 0 Å². The fourth-order valence-corrected chi connectivity index (χ4v) is 10.7. The summed E-state index contributed by atoms with van der Waals surface area (Å²) in [6.45, 7) is 5.30. The van der Waals surface area contributed by atoms with Crippen molar-refractivity contribution in [3.8, 4) is 0 Å². The second-order valence-electron chi connectivity index (χ2n) is 8.80. The van der Waals surface area contributed by atoms with Crippen LogP contribution in [0.3, 0.4) is 0 Å². The molecule has 8 unspecified atom stereocenters. The standard InChI is InChI=1S/C18H23BrO4/c1-2-3-4-15-9-11-10(15)13-14(17(15)20-5-6-21-17)12(9)16(11,19)18(13)22-7-8-23-18/h9-14H,2-8H2,1H3. The average molecular weight is 383 g/mol. The lowest BCUT2D eigenvalue weighted by Gasteiger charge is -2.72. The van der Waals surface area contributed by atoms with Gasteiger partial charge in [0.15, 0.2) is 11.6 Å². The number of rotatable bonds is 3. The molecule has 2 aliphatic heterocycles. The first-order chi connectivity index (χ1) is 11.2. The molecule has 126 valence electrons. The Morgan fingerprint density at radius 3 is 1.96 bits per heavy atom. The van der Waals surface area contributed by atoms with Gasteiger partial charge in [-0.1, -0.05) is 35.7 Å². The zero-order valence-electron chi connectivity index (χ0n) is 13.4. The monoisotopic (exact) mass is 382 g/mol. The second kappa shape index (κ2) is 3.57. The largest absolute Gasteiger partial charge is 0.347 e. The van der Waals surface area contributed by atoms with E-state index in [-0.39, 0.29) is 21.3 Å². The highest BCUT2D eigenvalue weighted by Gasteiger charge is 3.07. The number of ether oxygens (including phenoxy) is 4. The lowest BCUT2D eigenvalue weighted by atomic mass is 9.34. The van der Waals surface area contributed by atoms with Crippen molar-refractivity contribution in [2.24, 2.45) is 40.9 Å². The molecular weight excluding hydrogens is 360 g/mol. The lowest BCUT2D eigenvalue weighted by Crippen LogP contribution is -2.75. The molecule has 6 aliphatic carbocycles. The Labute approximate surface area is 144 Å². The maximum absolute atomic E-state index is 6.48. The summed E-state index contributed by atoms with van der Waals surface area (Å²) >= 11 is 4.19. The molecule has 2 saturated heterocycles. The normalized spacial score (nSPS) is 63.4. The van der Waals surface area contributed by atoms with E-state index in [0.29, 0.717) is 23.7 Å². The molecule has 5 heteroatoms. The maximum atomic E-state index is 6.48. The van der Waals surface area contributed by atoms with Crippen LogP contribution in [0, 0.1) is 40.9 Å². The van der Waals surface area contributed by atoms with E-state index in [1.807, 2.05) is 0 Å². The number of halogens is 1. The summed E-state index contributed by atoms with van der Waals surface area (Å²) < 4.78 is 25.7. The van der Waals surface area contributed by atoms with Crippen LogP contribution in [0.5, 0.6) is 0 Å². The van der Waals surface area contributed by atoms with E-state index in [0.717, 1.165) is 38.3 Å². The number of alkyl halides is 1. The van der Waals surface area contributed by atoms with Crippen LogP contribution in [-0.4, -0.2) is 42.3 Å². The third-order valence-corrected chi connectivity index (χ3v) is 10.5. The minimum atomic E-state index is -0.388. The van der Waals surface area contributed by atoms with Gasteiger partial charge in [-0.2, -0.15) is 0 Å². The first-order valence-corrected chi connectivity index (χ1v) is 10.2. The topological polar surface area (TPSA) is 36.9 Å². The molecule has 23 heavy (non-hydrogen) atoms. The quantitative estimate of drug-likeness (QED) is 0.702. The third kappa shape index (κ3) is 0.898. The molecule has 8 aliphatic rings. The highest BCUT2D eigenvalue weighted by atomic mass is 79.9. The summed E-state index contributed by atoms with van der Waals surface area (Å²) in [5.41, 5.74) is 0.250. The van der Waals surface area contributed by atoms with Gasteiger partial charge in [0, 0.05) is 17.3 Å². The summed E-state index contributed by atoms with van der Waals surface area (Å²) in [6.07, 6.45) is 3.79. The van der Waals surface area contributed by atoms with Gasteiger partial charge in [-0.3, -0.25) is 0 Å². The Morgan fingerprint density at radius 2 is 1.30 bits per heavy atom. The second-order valence-corrected chi connectivity index (χ2v) is 10.1. The van der Waals surface area contributed by atoms with Crippen molar-refractivity contribution in [2.75, 3.05) is 26.4 Å². The predicted octanol–water partition coefficient (Wildman–Crippen LogP) is 2.55. The smallest absolute Gasteiger partial charge is 0.187 e. The van der Waals surface area contributed by atoms with Crippen LogP contribution in [0.4, 0.5) is 0 Å². The summed E-state index contributed by atoms with van der Waals surface area (Å²) in [4.78, 5) is 0. The molecule has 0 aromatic rings. The van der Waals surface area contributed by atoms with Gasteiger partial charge in [0.1, 0.15) is 0 Å². The molecule has 8 fully saturated rings. The van der Waals surface area contributed by atoms with Gasteiger partial charge in [0.05, 0.1) is 30.8 Å². The summed E-state index contributed by atoms with van der Waals surface area (Å²) in [5, 5.41) is 0. The van der Waals surface area contributed by atoms with Gasteiger partial charge in [-0.15, -0.1) is 0 Å². The van der Waals surface area contributed by atoms with Crippen LogP contribution in [0.2, 0.25) is 0 Å². The number of hydrogen-bond acceptors (Lipinski definition) is 4. The van der Waals surface area contributed by atoms with E-state index >= 15 is 0 Å². The van der Waals surface area contributed by atoms with Crippen molar-refractivity contribution in [2.45, 2.75) is 42.1 Å². The maximum Gasteiger partial charge on any atom is 0.187 e. The van der Waals surface area contributed by atoms with Crippen LogP contribution in [0.1, 0.15) is 26.2 Å². The van der Waals surface area contributed by atoms with Crippen LogP contribution < -0.4 is 0 Å². The minimum Gasteiger partial charge on any atom is -0.347 e.